The lowest BCUT2D eigenvalue weighted by Crippen LogP contribution is -2.34. The Labute approximate surface area is 219 Å². The Bertz CT molecular complexity index is 1350. The summed E-state index contributed by atoms with van der Waals surface area (Å²) >= 11 is 4.68. The van der Waals surface area contributed by atoms with Crippen molar-refractivity contribution in [2.75, 3.05) is 5.32 Å². The predicted molar refractivity (Wildman–Crippen MR) is 138 cm³/mol. The SMILES string of the molecule is O=C(NCc1ccc(F)cc1)c1csc(CN(Cc2ccc(F)cc2)C(=O)Nc2ccccc2Br)n1. The summed E-state index contributed by atoms with van der Waals surface area (Å²) in [5.41, 5.74) is 2.33. The van der Waals surface area contributed by atoms with Gasteiger partial charge in [-0.2, -0.15) is 0 Å². The van der Waals surface area contributed by atoms with E-state index in [1.165, 1.54) is 40.5 Å². The lowest BCUT2D eigenvalue weighted by atomic mass is 10.2. The summed E-state index contributed by atoms with van der Waals surface area (Å²) < 4.78 is 27.2. The monoisotopic (exact) mass is 570 g/mol. The fraction of sp³-hybridized carbons (Fsp3) is 0.115. The van der Waals surface area contributed by atoms with Crippen molar-refractivity contribution in [3.05, 3.63) is 116 Å². The molecule has 10 heteroatoms. The van der Waals surface area contributed by atoms with Gasteiger partial charge in [-0.3, -0.25) is 4.79 Å². The van der Waals surface area contributed by atoms with E-state index in [1.54, 1.807) is 35.7 Å². The van der Waals surface area contributed by atoms with E-state index >= 15 is 0 Å². The van der Waals surface area contributed by atoms with Gasteiger partial charge in [-0.05, 0) is 63.5 Å². The molecule has 184 valence electrons. The number of urea groups is 1. The molecule has 0 saturated heterocycles. The Morgan fingerprint density at radius 2 is 1.53 bits per heavy atom. The summed E-state index contributed by atoms with van der Waals surface area (Å²) in [6.45, 7) is 0.586. The first kappa shape index (κ1) is 25.5. The molecule has 1 heterocycles. The maximum absolute atomic E-state index is 13.4. The molecule has 0 aliphatic rings. The molecule has 6 nitrogen and oxygen atoms in total. The number of rotatable bonds is 8. The minimum atomic E-state index is -0.372. The van der Waals surface area contributed by atoms with Gasteiger partial charge >= 0.3 is 6.03 Å². The first-order valence-electron chi connectivity index (χ1n) is 10.9. The number of nitrogens with zero attached hydrogens (tertiary/aromatic N) is 2. The molecule has 36 heavy (non-hydrogen) atoms. The van der Waals surface area contributed by atoms with Crippen LogP contribution in [0.4, 0.5) is 19.3 Å². The third kappa shape index (κ3) is 6.96. The zero-order valence-electron chi connectivity index (χ0n) is 18.9. The van der Waals surface area contributed by atoms with Crippen molar-refractivity contribution in [1.29, 1.82) is 0 Å². The quantitative estimate of drug-likeness (QED) is 0.259. The second-order valence-electron chi connectivity index (χ2n) is 7.83. The van der Waals surface area contributed by atoms with Gasteiger partial charge in [0.05, 0.1) is 12.2 Å². The van der Waals surface area contributed by atoms with Crippen LogP contribution in [0.25, 0.3) is 0 Å². The van der Waals surface area contributed by atoms with Crippen LogP contribution in [0.15, 0.2) is 82.6 Å². The standard InChI is InChI=1S/C26H21BrF2N4O2S/c27-21-3-1-2-4-22(21)32-26(35)33(14-18-7-11-20(29)12-8-18)15-24-31-23(16-36-24)25(34)30-13-17-5-9-19(28)10-6-17/h1-12,16H,13-15H2,(H,30,34)(H,32,35). The third-order valence-electron chi connectivity index (χ3n) is 5.17. The number of benzene rings is 3. The van der Waals surface area contributed by atoms with Crippen molar-refractivity contribution in [2.45, 2.75) is 19.6 Å². The van der Waals surface area contributed by atoms with Gasteiger partial charge in [0.2, 0.25) is 0 Å². The maximum Gasteiger partial charge on any atom is 0.322 e. The summed E-state index contributed by atoms with van der Waals surface area (Å²) in [6, 6.07) is 18.6. The van der Waals surface area contributed by atoms with Gasteiger partial charge in [0, 0.05) is 22.9 Å². The van der Waals surface area contributed by atoms with Crippen molar-refractivity contribution >= 4 is 44.9 Å². The molecule has 0 fully saturated rings. The Balaban J connectivity index is 1.45. The van der Waals surface area contributed by atoms with Crippen LogP contribution in [0.2, 0.25) is 0 Å². The summed E-state index contributed by atoms with van der Waals surface area (Å²) in [7, 11) is 0. The molecule has 0 aliphatic carbocycles. The van der Waals surface area contributed by atoms with Crippen LogP contribution in [0.1, 0.15) is 26.6 Å². The molecule has 0 radical (unpaired) electrons. The normalized spacial score (nSPS) is 10.6. The van der Waals surface area contributed by atoms with E-state index in [0.29, 0.717) is 10.7 Å². The van der Waals surface area contributed by atoms with Crippen molar-refractivity contribution < 1.29 is 18.4 Å². The Hall–Kier alpha value is -3.63. The summed E-state index contributed by atoms with van der Waals surface area (Å²) in [4.78, 5) is 31.6. The number of halogens is 3. The number of thiazole rings is 1. The van der Waals surface area contributed by atoms with Crippen LogP contribution in [-0.4, -0.2) is 21.8 Å². The largest absolute Gasteiger partial charge is 0.347 e. The number of carbonyl (C=O) groups excluding carboxylic acids is 2. The molecule has 0 spiro atoms. The average molecular weight is 571 g/mol. The maximum atomic E-state index is 13.4. The number of amides is 3. The smallest absolute Gasteiger partial charge is 0.322 e. The lowest BCUT2D eigenvalue weighted by molar-refractivity contribution is 0.0946. The zero-order valence-corrected chi connectivity index (χ0v) is 21.3. The van der Waals surface area contributed by atoms with E-state index in [0.717, 1.165) is 15.6 Å². The fourth-order valence-electron chi connectivity index (χ4n) is 3.29. The van der Waals surface area contributed by atoms with Gasteiger partial charge in [-0.25, -0.2) is 18.6 Å². The van der Waals surface area contributed by atoms with E-state index in [9.17, 15) is 18.4 Å². The van der Waals surface area contributed by atoms with Crippen molar-refractivity contribution in [1.82, 2.24) is 15.2 Å². The van der Waals surface area contributed by atoms with E-state index in [4.69, 9.17) is 0 Å². The number of hydrogen-bond donors (Lipinski definition) is 2. The molecule has 1 aromatic heterocycles. The van der Waals surface area contributed by atoms with E-state index in [1.807, 2.05) is 18.2 Å². The van der Waals surface area contributed by atoms with Crippen molar-refractivity contribution in [2.24, 2.45) is 0 Å². The molecule has 4 rings (SSSR count). The summed E-state index contributed by atoms with van der Waals surface area (Å²) in [5, 5.41) is 7.81. The van der Waals surface area contributed by atoms with Gasteiger partial charge in [0.25, 0.3) is 5.91 Å². The van der Waals surface area contributed by atoms with E-state index in [-0.39, 0.29) is 48.9 Å². The number of anilines is 1. The van der Waals surface area contributed by atoms with Gasteiger partial charge in [-0.15, -0.1) is 11.3 Å². The molecule has 0 saturated carbocycles. The molecule has 0 bridgehead atoms. The predicted octanol–water partition coefficient (Wildman–Crippen LogP) is 6.35. The molecular weight excluding hydrogens is 550 g/mol. The third-order valence-corrected chi connectivity index (χ3v) is 6.69. The Morgan fingerprint density at radius 1 is 0.889 bits per heavy atom. The van der Waals surface area contributed by atoms with Crippen LogP contribution in [0.5, 0.6) is 0 Å². The molecule has 0 unspecified atom stereocenters. The van der Waals surface area contributed by atoms with Crippen LogP contribution in [0, 0.1) is 11.6 Å². The average Bonchev–Trinajstić information content (AvgIpc) is 3.34. The molecular formula is C26H21BrF2N4O2S. The molecule has 2 N–H and O–H groups in total. The zero-order chi connectivity index (χ0) is 25.5. The summed E-state index contributed by atoms with van der Waals surface area (Å²) in [6.07, 6.45) is 0. The number of aromatic nitrogens is 1. The molecule has 4 aromatic rings. The minimum absolute atomic E-state index is 0.142. The van der Waals surface area contributed by atoms with E-state index in [2.05, 4.69) is 31.5 Å². The van der Waals surface area contributed by atoms with Crippen molar-refractivity contribution in [3.63, 3.8) is 0 Å². The number of carbonyl (C=O) groups is 2. The van der Waals surface area contributed by atoms with Crippen LogP contribution < -0.4 is 10.6 Å². The minimum Gasteiger partial charge on any atom is -0.347 e. The van der Waals surface area contributed by atoms with Crippen LogP contribution in [-0.2, 0) is 19.6 Å². The first-order valence-corrected chi connectivity index (χ1v) is 12.6. The highest BCUT2D eigenvalue weighted by atomic mass is 79.9. The highest BCUT2D eigenvalue weighted by molar-refractivity contribution is 9.10. The number of nitrogens with one attached hydrogen (secondary N) is 2. The molecule has 3 amide bonds. The second kappa shape index (κ2) is 11.9. The fourth-order valence-corrected chi connectivity index (χ4v) is 4.47. The number of para-hydroxylation sites is 1. The highest BCUT2D eigenvalue weighted by Gasteiger charge is 2.19. The highest BCUT2D eigenvalue weighted by Crippen LogP contribution is 2.23. The molecule has 0 atom stereocenters. The summed E-state index contributed by atoms with van der Waals surface area (Å²) in [5.74, 6) is -1.08. The van der Waals surface area contributed by atoms with E-state index < -0.39 is 0 Å². The van der Waals surface area contributed by atoms with Crippen LogP contribution >= 0.6 is 27.3 Å². The first-order chi connectivity index (χ1) is 17.4. The molecule has 0 aliphatic heterocycles. The Kier molecular flexibility index (Phi) is 8.40. The van der Waals surface area contributed by atoms with Crippen molar-refractivity contribution in [3.8, 4) is 0 Å². The Morgan fingerprint density at radius 3 is 2.19 bits per heavy atom. The second-order valence-corrected chi connectivity index (χ2v) is 9.63. The molecule has 3 aromatic carbocycles. The van der Waals surface area contributed by atoms with Gasteiger partial charge in [0.1, 0.15) is 22.3 Å². The number of hydrogen-bond acceptors (Lipinski definition) is 4. The van der Waals surface area contributed by atoms with Gasteiger partial charge in [0.15, 0.2) is 0 Å². The van der Waals surface area contributed by atoms with Gasteiger partial charge in [-0.1, -0.05) is 36.4 Å². The van der Waals surface area contributed by atoms with Gasteiger partial charge < -0.3 is 15.5 Å². The lowest BCUT2D eigenvalue weighted by Gasteiger charge is -2.22. The topological polar surface area (TPSA) is 74.3 Å². The van der Waals surface area contributed by atoms with Crippen LogP contribution in [0.3, 0.4) is 0 Å².